The third-order valence-corrected chi connectivity index (χ3v) is 6.57. The standard InChI is InChI=1S/C21H23ClF3N3O3S/c1-32(30,31)28(17-9-10-19(22)18(13-17)21(23,24)25)14-20(29)26-15-5-7-16(8-6-15)27-11-3-2-4-12-27/h5-10,13H,2-4,11-12,14H2,1H3,(H,26,29). The summed E-state index contributed by atoms with van der Waals surface area (Å²) in [5, 5.41) is 2.03. The predicted molar refractivity (Wildman–Crippen MR) is 120 cm³/mol. The largest absolute Gasteiger partial charge is 0.417 e. The molecule has 1 N–H and O–H groups in total. The summed E-state index contributed by atoms with van der Waals surface area (Å²) < 4.78 is 64.5. The van der Waals surface area contributed by atoms with E-state index in [1.54, 1.807) is 12.1 Å². The molecule has 11 heteroatoms. The molecule has 6 nitrogen and oxygen atoms in total. The van der Waals surface area contributed by atoms with E-state index in [2.05, 4.69) is 10.2 Å². The van der Waals surface area contributed by atoms with Gasteiger partial charge in [0.15, 0.2) is 0 Å². The van der Waals surface area contributed by atoms with Crippen LogP contribution < -0.4 is 14.5 Å². The summed E-state index contributed by atoms with van der Waals surface area (Å²) in [7, 11) is -4.05. The molecule has 1 amide bonds. The van der Waals surface area contributed by atoms with Crippen molar-refractivity contribution >= 4 is 44.6 Å². The Morgan fingerprint density at radius 1 is 1.09 bits per heavy atom. The Balaban J connectivity index is 1.75. The van der Waals surface area contributed by atoms with E-state index in [1.807, 2.05) is 12.1 Å². The molecule has 0 atom stereocenters. The molecule has 1 heterocycles. The fourth-order valence-corrected chi connectivity index (χ4v) is 4.60. The lowest BCUT2D eigenvalue weighted by atomic mass is 10.1. The van der Waals surface area contributed by atoms with Gasteiger partial charge in [-0.25, -0.2) is 8.42 Å². The Morgan fingerprint density at radius 3 is 2.28 bits per heavy atom. The number of nitrogens with zero attached hydrogens (tertiary/aromatic N) is 2. The second kappa shape index (κ2) is 9.58. The summed E-state index contributed by atoms with van der Waals surface area (Å²) in [6.07, 6.45) is -0.495. The topological polar surface area (TPSA) is 69.7 Å². The highest BCUT2D eigenvalue weighted by molar-refractivity contribution is 7.92. The molecule has 1 saturated heterocycles. The molecule has 32 heavy (non-hydrogen) atoms. The van der Waals surface area contributed by atoms with E-state index in [0.717, 1.165) is 50.0 Å². The van der Waals surface area contributed by atoms with Gasteiger partial charge in [0.2, 0.25) is 15.9 Å². The first-order valence-corrected chi connectivity index (χ1v) is 12.2. The van der Waals surface area contributed by atoms with Crippen molar-refractivity contribution in [2.24, 2.45) is 0 Å². The van der Waals surface area contributed by atoms with Gasteiger partial charge in [-0.15, -0.1) is 0 Å². The molecule has 174 valence electrons. The van der Waals surface area contributed by atoms with Gasteiger partial charge in [-0.1, -0.05) is 11.6 Å². The molecule has 0 aliphatic carbocycles. The lowest BCUT2D eigenvalue weighted by Gasteiger charge is -2.29. The van der Waals surface area contributed by atoms with E-state index in [4.69, 9.17) is 11.6 Å². The zero-order valence-electron chi connectivity index (χ0n) is 17.3. The summed E-state index contributed by atoms with van der Waals surface area (Å²) in [6, 6.07) is 9.83. The Kier molecular flexibility index (Phi) is 7.24. The molecule has 1 aliphatic rings. The molecule has 0 saturated carbocycles. The van der Waals surface area contributed by atoms with Gasteiger partial charge in [-0.05, 0) is 61.7 Å². The summed E-state index contributed by atoms with van der Waals surface area (Å²) in [6.45, 7) is 1.25. The molecular weight excluding hydrogens is 467 g/mol. The maximum Gasteiger partial charge on any atom is 0.417 e. The Morgan fingerprint density at radius 2 is 1.72 bits per heavy atom. The van der Waals surface area contributed by atoms with E-state index in [9.17, 15) is 26.4 Å². The average molecular weight is 490 g/mol. The lowest BCUT2D eigenvalue weighted by Crippen LogP contribution is -2.37. The molecule has 0 spiro atoms. The quantitative estimate of drug-likeness (QED) is 0.635. The number of sulfonamides is 1. The van der Waals surface area contributed by atoms with Crippen molar-refractivity contribution < 1.29 is 26.4 Å². The highest BCUT2D eigenvalue weighted by Crippen LogP contribution is 2.37. The van der Waals surface area contributed by atoms with Crippen molar-refractivity contribution in [3.05, 3.63) is 53.1 Å². The van der Waals surface area contributed by atoms with E-state index < -0.39 is 39.2 Å². The van der Waals surface area contributed by atoms with Crippen LogP contribution in [0.3, 0.4) is 0 Å². The van der Waals surface area contributed by atoms with Crippen LogP contribution in [0.2, 0.25) is 5.02 Å². The fraction of sp³-hybridized carbons (Fsp3) is 0.381. The smallest absolute Gasteiger partial charge is 0.372 e. The summed E-state index contributed by atoms with van der Waals surface area (Å²) >= 11 is 5.61. The first kappa shape index (κ1) is 24.2. The van der Waals surface area contributed by atoms with Crippen LogP contribution in [0.1, 0.15) is 24.8 Å². The van der Waals surface area contributed by atoms with Crippen LogP contribution in [-0.4, -0.2) is 40.2 Å². The maximum atomic E-state index is 13.2. The second-order valence-corrected chi connectivity index (χ2v) is 9.89. The van der Waals surface area contributed by atoms with E-state index >= 15 is 0 Å². The Labute approximate surface area is 190 Å². The molecule has 0 aromatic heterocycles. The number of halogens is 4. The van der Waals surface area contributed by atoms with Crippen LogP contribution in [0.25, 0.3) is 0 Å². The molecule has 0 unspecified atom stereocenters. The van der Waals surface area contributed by atoms with Crippen molar-refractivity contribution in [3.63, 3.8) is 0 Å². The highest BCUT2D eigenvalue weighted by atomic mass is 35.5. The monoisotopic (exact) mass is 489 g/mol. The van der Waals surface area contributed by atoms with Crippen LogP contribution in [0.5, 0.6) is 0 Å². The van der Waals surface area contributed by atoms with Gasteiger partial charge in [-0.3, -0.25) is 9.10 Å². The van der Waals surface area contributed by atoms with E-state index in [0.29, 0.717) is 16.1 Å². The minimum atomic E-state index is -4.77. The third kappa shape index (κ3) is 6.07. The number of nitrogens with one attached hydrogen (secondary N) is 1. The second-order valence-electron chi connectivity index (χ2n) is 7.57. The summed E-state index contributed by atoms with van der Waals surface area (Å²) in [5.74, 6) is -0.690. The predicted octanol–water partition coefficient (Wildman–Crippen LogP) is 4.75. The molecule has 0 radical (unpaired) electrons. The number of anilines is 3. The Bertz CT molecular complexity index is 1070. The summed E-state index contributed by atoms with van der Waals surface area (Å²) in [4.78, 5) is 14.8. The molecule has 1 fully saturated rings. The number of carbonyl (C=O) groups excluding carboxylic acids is 1. The van der Waals surface area contributed by atoms with Gasteiger partial charge in [0, 0.05) is 24.5 Å². The van der Waals surface area contributed by atoms with Crippen molar-refractivity contribution in [1.82, 2.24) is 0 Å². The maximum absolute atomic E-state index is 13.2. The van der Waals surface area contributed by atoms with Crippen molar-refractivity contribution in [3.8, 4) is 0 Å². The molecule has 0 bridgehead atoms. The van der Waals surface area contributed by atoms with Gasteiger partial charge in [0.1, 0.15) is 6.54 Å². The van der Waals surface area contributed by atoms with Crippen LogP contribution >= 0.6 is 11.6 Å². The number of amides is 1. The van der Waals surface area contributed by atoms with Gasteiger partial charge in [0.05, 0.1) is 22.5 Å². The lowest BCUT2D eigenvalue weighted by molar-refractivity contribution is -0.137. The van der Waals surface area contributed by atoms with E-state index in [-0.39, 0.29) is 5.69 Å². The normalized spacial score (nSPS) is 14.8. The van der Waals surface area contributed by atoms with Crippen LogP contribution in [-0.2, 0) is 21.0 Å². The van der Waals surface area contributed by atoms with Gasteiger partial charge >= 0.3 is 6.18 Å². The SMILES string of the molecule is CS(=O)(=O)N(CC(=O)Nc1ccc(N2CCCCC2)cc1)c1ccc(Cl)c(C(F)(F)F)c1. The fourth-order valence-electron chi connectivity index (χ4n) is 3.52. The minimum Gasteiger partial charge on any atom is -0.372 e. The number of alkyl halides is 3. The summed E-state index contributed by atoms with van der Waals surface area (Å²) in [5.41, 5.74) is -0.00329. The van der Waals surface area contributed by atoms with Crippen molar-refractivity contribution in [1.29, 1.82) is 0 Å². The van der Waals surface area contributed by atoms with Crippen molar-refractivity contribution in [2.45, 2.75) is 25.4 Å². The first-order valence-electron chi connectivity index (χ1n) is 9.94. The van der Waals surface area contributed by atoms with Gasteiger partial charge < -0.3 is 10.2 Å². The highest BCUT2D eigenvalue weighted by Gasteiger charge is 2.34. The molecule has 2 aromatic rings. The number of benzene rings is 2. The number of hydrogen-bond acceptors (Lipinski definition) is 4. The molecular formula is C21H23ClF3N3O3S. The molecule has 3 rings (SSSR count). The number of carbonyl (C=O) groups is 1. The average Bonchev–Trinajstić information content (AvgIpc) is 2.72. The minimum absolute atomic E-state index is 0.306. The van der Waals surface area contributed by atoms with Crippen LogP contribution in [0.4, 0.5) is 30.2 Å². The molecule has 2 aromatic carbocycles. The van der Waals surface area contributed by atoms with Gasteiger partial charge in [-0.2, -0.15) is 13.2 Å². The number of piperidine rings is 1. The zero-order valence-corrected chi connectivity index (χ0v) is 18.9. The van der Waals surface area contributed by atoms with Gasteiger partial charge in [0.25, 0.3) is 0 Å². The zero-order chi connectivity index (χ0) is 23.5. The van der Waals surface area contributed by atoms with E-state index in [1.165, 1.54) is 6.42 Å². The van der Waals surface area contributed by atoms with Crippen LogP contribution in [0.15, 0.2) is 42.5 Å². The van der Waals surface area contributed by atoms with Crippen molar-refractivity contribution in [2.75, 3.05) is 40.4 Å². The Hall–Kier alpha value is -2.46. The van der Waals surface area contributed by atoms with Crippen LogP contribution in [0, 0.1) is 0 Å². The number of rotatable bonds is 6. The molecule has 1 aliphatic heterocycles. The number of hydrogen-bond donors (Lipinski definition) is 1. The third-order valence-electron chi connectivity index (χ3n) is 5.10. The first-order chi connectivity index (χ1) is 14.9.